The molecule has 0 spiro atoms. The van der Waals surface area contributed by atoms with Gasteiger partial charge in [0.2, 0.25) is 5.95 Å². The molecule has 41 heavy (non-hydrogen) atoms. The van der Waals surface area contributed by atoms with Gasteiger partial charge in [0.05, 0.1) is 25.3 Å². The summed E-state index contributed by atoms with van der Waals surface area (Å²) < 4.78 is 7.55. The second-order valence-corrected chi connectivity index (χ2v) is 9.30. The topological polar surface area (TPSA) is 184 Å². The van der Waals surface area contributed by atoms with Gasteiger partial charge < -0.3 is 35.5 Å². The number of aryl methyl sites for hydroxylation is 1. The summed E-state index contributed by atoms with van der Waals surface area (Å²) >= 11 is 0. The van der Waals surface area contributed by atoms with Gasteiger partial charge in [-0.15, -0.1) is 0 Å². The Labute approximate surface area is 237 Å². The number of rotatable bonds is 9. The summed E-state index contributed by atoms with van der Waals surface area (Å²) in [6.45, 7) is 5.88. The third kappa shape index (κ3) is 6.62. The molecule has 1 saturated heterocycles. The van der Waals surface area contributed by atoms with Gasteiger partial charge >= 0.3 is 0 Å². The summed E-state index contributed by atoms with van der Waals surface area (Å²) in [5, 5.41) is 15.0. The number of benzene rings is 1. The van der Waals surface area contributed by atoms with Crippen LogP contribution in [0.1, 0.15) is 35.1 Å². The average Bonchev–Trinajstić information content (AvgIpc) is 3.32. The molecular formula is C27H35N11O3. The van der Waals surface area contributed by atoms with Crippen LogP contribution in [0.5, 0.6) is 0 Å². The fraction of sp³-hybridized carbons (Fsp3) is 0.370. The predicted molar refractivity (Wildman–Crippen MR) is 157 cm³/mol. The van der Waals surface area contributed by atoms with Crippen LogP contribution in [0, 0.1) is 5.41 Å². The predicted octanol–water partition coefficient (Wildman–Crippen LogP) is 2.06. The molecule has 5 rings (SSSR count). The molecule has 0 amide bonds. The molecule has 3 aromatic heterocycles. The smallest absolute Gasteiger partial charge is 0.225 e. The molecule has 14 nitrogen and oxygen atoms in total. The lowest BCUT2D eigenvalue weighted by Gasteiger charge is -2.28. The standard InChI is InChI=1S/C26H30N10O2.CH5NO/c1-3-6-36(26-29-13-17(16-37)14-30-26)15-21-31-22-24(34(21)2)32-23(18-4-5-20(28)19(11-18)12-27)33-25(22)35-7-9-38-10-8-35;1-2-3/h4-5,11-14,16,27H,3,6-10,15,28H2,1-2H3;2-3H,1H3. The van der Waals surface area contributed by atoms with Crippen molar-refractivity contribution in [3.05, 3.63) is 47.5 Å². The number of aromatic nitrogens is 6. The summed E-state index contributed by atoms with van der Waals surface area (Å²) in [7, 11) is 3.37. The highest BCUT2D eigenvalue weighted by molar-refractivity contribution is 5.89. The summed E-state index contributed by atoms with van der Waals surface area (Å²) in [6.07, 6.45) is 5.90. The maximum Gasteiger partial charge on any atom is 0.225 e. The van der Waals surface area contributed by atoms with E-state index in [9.17, 15) is 4.79 Å². The molecule has 5 N–H and O–H groups in total. The van der Waals surface area contributed by atoms with Gasteiger partial charge in [0.15, 0.2) is 29.1 Å². The van der Waals surface area contributed by atoms with Crippen molar-refractivity contribution in [3.63, 3.8) is 0 Å². The van der Waals surface area contributed by atoms with E-state index in [1.165, 1.54) is 25.7 Å². The first-order valence-corrected chi connectivity index (χ1v) is 13.2. The van der Waals surface area contributed by atoms with Gasteiger partial charge in [-0.05, 0) is 24.6 Å². The first-order valence-electron chi connectivity index (χ1n) is 13.2. The van der Waals surface area contributed by atoms with E-state index in [1.54, 1.807) is 11.5 Å². The Balaban J connectivity index is 0.00000124. The van der Waals surface area contributed by atoms with Crippen LogP contribution in [-0.2, 0) is 18.3 Å². The van der Waals surface area contributed by atoms with E-state index < -0.39 is 0 Å². The van der Waals surface area contributed by atoms with Crippen LogP contribution in [0.25, 0.3) is 22.6 Å². The Morgan fingerprint density at radius 1 is 1.20 bits per heavy atom. The molecule has 216 valence electrons. The highest BCUT2D eigenvalue weighted by Crippen LogP contribution is 2.30. The Bertz CT molecular complexity index is 1480. The zero-order valence-corrected chi connectivity index (χ0v) is 23.4. The number of nitrogens with two attached hydrogens (primary N) is 1. The highest BCUT2D eigenvalue weighted by atomic mass is 16.5. The van der Waals surface area contributed by atoms with Crippen LogP contribution in [0.3, 0.4) is 0 Å². The van der Waals surface area contributed by atoms with Crippen molar-refractivity contribution in [1.29, 1.82) is 5.41 Å². The molecule has 14 heteroatoms. The SMILES string of the molecule is CCCN(Cc1nc2c(N3CCOCC3)nc(-c3ccc(N)c(C=N)c3)nc2n1C)c1ncc(C=O)cn1.CNO. The Kier molecular flexibility index (Phi) is 9.84. The lowest BCUT2D eigenvalue weighted by atomic mass is 10.1. The number of morpholine rings is 1. The number of fused-ring (bicyclic) bond motifs is 1. The monoisotopic (exact) mass is 561 g/mol. The zero-order chi connectivity index (χ0) is 29.4. The number of nitrogens with one attached hydrogen (secondary N) is 2. The maximum atomic E-state index is 11.0. The highest BCUT2D eigenvalue weighted by Gasteiger charge is 2.24. The number of hydroxylamine groups is 1. The van der Waals surface area contributed by atoms with Crippen LogP contribution in [0.15, 0.2) is 30.6 Å². The van der Waals surface area contributed by atoms with Crippen molar-refractivity contribution in [1.82, 2.24) is 35.0 Å². The second-order valence-electron chi connectivity index (χ2n) is 9.30. The Morgan fingerprint density at radius 3 is 2.54 bits per heavy atom. The van der Waals surface area contributed by atoms with Gasteiger partial charge in [-0.25, -0.2) is 30.4 Å². The fourth-order valence-electron chi connectivity index (χ4n) is 4.44. The van der Waals surface area contributed by atoms with E-state index in [4.69, 9.17) is 36.0 Å². The minimum atomic E-state index is 0.430. The largest absolute Gasteiger partial charge is 0.398 e. The van der Waals surface area contributed by atoms with Crippen LogP contribution in [0.2, 0.25) is 0 Å². The van der Waals surface area contributed by atoms with E-state index in [1.807, 2.05) is 28.6 Å². The van der Waals surface area contributed by atoms with E-state index in [0.717, 1.165) is 29.9 Å². The summed E-state index contributed by atoms with van der Waals surface area (Å²) in [5.74, 6) is 2.60. The van der Waals surface area contributed by atoms with E-state index in [-0.39, 0.29) is 0 Å². The number of hydrogen-bond acceptors (Lipinski definition) is 13. The lowest BCUT2D eigenvalue weighted by molar-refractivity contribution is 0.112. The fourth-order valence-corrected chi connectivity index (χ4v) is 4.44. The molecule has 0 unspecified atom stereocenters. The number of ether oxygens (including phenoxy) is 1. The van der Waals surface area contributed by atoms with Gasteiger partial charge in [0.25, 0.3) is 0 Å². The number of nitrogen functional groups attached to an aromatic ring is 1. The molecule has 0 saturated carbocycles. The van der Waals surface area contributed by atoms with Crippen molar-refractivity contribution >= 4 is 41.1 Å². The van der Waals surface area contributed by atoms with Crippen LogP contribution in [0.4, 0.5) is 17.5 Å². The normalized spacial score (nSPS) is 13.0. The third-order valence-corrected chi connectivity index (χ3v) is 6.51. The molecule has 0 radical (unpaired) electrons. The van der Waals surface area contributed by atoms with Gasteiger partial charge in [-0.3, -0.25) is 4.79 Å². The van der Waals surface area contributed by atoms with E-state index in [0.29, 0.717) is 79.1 Å². The summed E-state index contributed by atoms with van der Waals surface area (Å²) in [6, 6.07) is 5.46. The van der Waals surface area contributed by atoms with Crippen molar-refractivity contribution in [2.45, 2.75) is 19.9 Å². The molecule has 1 aliphatic heterocycles. The summed E-state index contributed by atoms with van der Waals surface area (Å²) in [5.41, 5.74) is 11.5. The van der Waals surface area contributed by atoms with E-state index >= 15 is 0 Å². The number of hydrogen-bond donors (Lipinski definition) is 4. The minimum Gasteiger partial charge on any atom is -0.398 e. The number of anilines is 3. The third-order valence-electron chi connectivity index (χ3n) is 6.51. The number of aldehydes is 1. The van der Waals surface area contributed by atoms with Gasteiger partial charge in [-0.2, -0.15) is 0 Å². The first-order chi connectivity index (χ1) is 19.9. The molecule has 1 fully saturated rings. The van der Waals surface area contributed by atoms with Crippen LogP contribution >= 0.6 is 0 Å². The quantitative estimate of drug-likeness (QED) is 0.101. The second kappa shape index (κ2) is 13.7. The molecular weight excluding hydrogens is 526 g/mol. The molecule has 1 aromatic carbocycles. The molecule has 4 aromatic rings. The minimum absolute atomic E-state index is 0.430. The van der Waals surface area contributed by atoms with Crippen molar-refractivity contribution in [3.8, 4) is 11.4 Å². The van der Waals surface area contributed by atoms with Crippen molar-refractivity contribution < 1.29 is 14.7 Å². The number of nitrogens with zero attached hydrogens (tertiary/aromatic N) is 8. The Hall–Kier alpha value is -4.53. The average molecular weight is 562 g/mol. The van der Waals surface area contributed by atoms with Crippen molar-refractivity contribution in [2.75, 3.05) is 55.4 Å². The molecule has 0 atom stereocenters. The van der Waals surface area contributed by atoms with Gasteiger partial charge in [-0.1, -0.05) is 6.92 Å². The van der Waals surface area contributed by atoms with Crippen LogP contribution < -0.4 is 21.0 Å². The zero-order valence-electron chi connectivity index (χ0n) is 23.4. The molecule has 0 bridgehead atoms. The molecule has 1 aliphatic rings. The Morgan fingerprint density at radius 2 is 1.90 bits per heavy atom. The molecule has 4 heterocycles. The number of imidazole rings is 1. The number of carbonyl (C=O) groups excluding carboxylic acids is 1. The van der Waals surface area contributed by atoms with Gasteiger partial charge in [0.1, 0.15) is 5.82 Å². The van der Waals surface area contributed by atoms with E-state index in [2.05, 4.69) is 21.8 Å². The number of carbonyl (C=O) groups is 1. The van der Waals surface area contributed by atoms with Crippen molar-refractivity contribution in [2.24, 2.45) is 7.05 Å². The van der Waals surface area contributed by atoms with Crippen LogP contribution in [-0.4, -0.2) is 87.1 Å². The summed E-state index contributed by atoms with van der Waals surface area (Å²) in [4.78, 5) is 38.9. The maximum absolute atomic E-state index is 11.0. The first kappa shape index (κ1) is 29.5. The van der Waals surface area contributed by atoms with Gasteiger partial charge in [0, 0.05) is 69.2 Å². The lowest BCUT2D eigenvalue weighted by Crippen LogP contribution is -2.37. The molecule has 0 aliphatic carbocycles.